The van der Waals surface area contributed by atoms with Crippen LogP contribution in [0.5, 0.6) is 0 Å². The first-order chi connectivity index (χ1) is 9.13. The number of benzene rings is 1. The van der Waals surface area contributed by atoms with Gasteiger partial charge in [0.1, 0.15) is 0 Å². The summed E-state index contributed by atoms with van der Waals surface area (Å²) in [5.74, 6) is -0.197. The van der Waals surface area contributed by atoms with Crippen molar-refractivity contribution in [1.29, 1.82) is 5.26 Å². The average Bonchev–Trinajstić information content (AvgIpc) is 2.39. The van der Waals surface area contributed by atoms with Crippen molar-refractivity contribution in [2.24, 2.45) is 0 Å². The molecule has 0 saturated heterocycles. The Morgan fingerprint density at radius 3 is 2.58 bits per heavy atom. The zero-order valence-electron chi connectivity index (χ0n) is 10.8. The molecular formula is C15H16N2O2. The standard InChI is InChI=1S/C15H16N2O2/c1-12(18)17-11-3-2-4-13-5-7-14(8-6-13)15(19)9-10-16/h2,4-8H,3,9,11H2,1H3,(H,17,18). The lowest BCUT2D eigenvalue weighted by Gasteiger charge is -1.99. The number of amides is 1. The summed E-state index contributed by atoms with van der Waals surface area (Å²) in [6.07, 6.45) is 4.56. The highest BCUT2D eigenvalue weighted by Crippen LogP contribution is 2.08. The fraction of sp³-hybridized carbons (Fsp3) is 0.267. The molecule has 98 valence electrons. The van der Waals surface area contributed by atoms with Crippen molar-refractivity contribution in [3.05, 3.63) is 41.5 Å². The molecule has 0 unspecified atom stereocenters. The van der Waals surface area contributed by atoms with E-state index < -0.39 is 0 Å². The minimum absolute atomic E-state index is 0.0336. The Labute approximate surface area is 112 Å². The monoisotopic (exact) mass is 256 g/mol. The quantitative estimate of drug-likeness (QED) is 0.627. The van der Waals surface area contributed by atoms with Gasteiger partial charge in [0.15, 0.2) is 5.78 Å². The second-order valence-corrected chi connectivity index (χ2v) is 4.05. The van der Waals surface area contributed by atoms with Crippen LogP contribution in [-0.2, 0) is 4.79 Å². The van der Waals surface area contributed by atoms with E-state index in [4.69, 9.17) is 5.26 Å². The number of ketones is 1. The number of nitrogens with zero attached hydrogens (tertiary/aromatic N) is 1. The van der Waals surface area contributed by atoms with Gasteiger partial charge in [-0.2, -0.15) is 5.26 Å². The summed E-state index contributed by atoms with van der Waals surface area (Å²) in [5.41, 5.74) is 1.54. The number of Topliss-reactive ketones (excluding diaryl/α,β-unsaturated/α-hetero) is 1. The molecule has 1 aromatic rings. The van der Waals surface area contributed by atoms with E-state index in [1.807, 2.05) is 30.4 Å². The topological polar surface area (TPSA) is 70.0 Å². The third-order valence-electron chi connectivity index (χ3n) is 2.47. The Balaban J connectivity index is 2.48. The number of rotatable bonds is 6. The summed E-state index contributed by atoms with van der Waals surface area (Å²) in [6, 6.07) is 8.94. The molecule has 4 heteroatoms. The van der Waals surface area contributed by atoms with Gasteiger partial charge >= 0.3 is 0 Å². The summed E-state index contributed by atoms with van der Waals surface area (Å²) in [6.45, 7) is 2.10. The van der Waals surface area contributed by atoms with E-state index in [1.54, 1.807) is 12.1 Å². The van der Waals surface area contributed by atoms with Gasteiger partial charge in [-0.25, -0.2) is 0 Å². The molecule has 1 aromatic carbocycles. The van der Waals surface area contributed by atoms with E-state index in [0.29, 0.717) is 12.1 Å². The van der Waals surface area contributed by atoms with Gasteiger partial charge in [0.05, 0.1) is 12.5 Å². The largest absolute Gasteiger partial charge is 0.356 e. The molecule has 1 rings (SSSR count). The summed E-state index contributed by atoms with van der Waals surface area (Å²) in [4.78, 5) is 22.1. The second-order valence-electron chi connectivity index (χ2n) is 4.05. The van der Waals surface area contributed by atoms with Crippen LogP contribution in [0.1, 0.15) is 35.7 Å². The highest BCUT2D eigenvalue weighted by Gasteiger charge is 2.03. The van der Waals surface area contributed by atoms with Crippen molar-refractivity contribution in [1.82, 2.24) is 5.32 Å². The minimum atomic E-state index is -0.163. The summed E-state index contributed by atoms with van der Waals surface area (Å²) in [5, 5.41) is 11.2. The van der Waals surface area contributed by atoms with Gasteiger partial charge in [0.2, 0.25) is 5.91 Å². The molecule has 19 heavy (non-hydrogen) atoms. The maximum Gasteiger partial charge on any atom is 0.216 e. The zero-order valence-corrected chi connectivity index (χ0v) is 10.8. The van der Waals surface area contributed by atoms with Crippen molar-refractivity contribution in [3.63, 3.8) is 0 Å². The first-order valence-electron chi connectivity index (χ1n) is 6.04. The highest BCUT2D eigenvalue weighted by atomic mass is 16.1. The lowest BCUT2D eigenvalue weighted by molar-refractivity contribution is -0.118. The molecule has 0 radical (unpaired) electrons. The number of carbonyl (C=O) groups excluding carboxylic acids is 2. The van der Waals surface area contributed by atoms with Crippen LogP contribution in [0.4, 0.5) is 0 Å². The van der Waals surface area contributed by atoms with Crippen LogP contribution in [-0.4, -0.2) is 18.2 Å². The lowest BCUT2D eigenvalue weighted by atomic mass is 10.1. The minimum Gasteiger partial charge on any atom is -0.356 e. The summed E-state index contributed by atoms with van der Waals surface area (Å²) < 4.78 is 0. The Hall–Kier alpha value is -2.41. The summed E-state index contributed by atoms with van der Waals surface area (Å²) >= 11 is 0. The van der Waals surface area contributed by atoms with Gasteiger partial charge < -0.3 is 5.32 Å². The third kappa shape index (κ3) is 5.64. The normalized spacial score (nSPS) is 10.1. The number of hydrogen-bond donors (Lipinski definition) is 1. The SMILES string of the molecule is CC(=O)NCCC=Cc1ccc(C(=O)CC#N)cc1. The van der Waals surface area contributed by atoms with Crippen LogP contribution in [0.25, 0.3) is 6.08 Å². The predicted molar refractivity (Wildman–Crippen MR) is 73.3 cm³/mol. The zero-order chi connectivity index (χ0) is 14.1. The van der Waals surface area contributed by atoms with Crippen LogP contribution in [0.15, 0.2) is 30.3 Å². The Morgan fingerprint density at radius 2 is 2.00 bits per heavy atom. The van der Waals surface area contributed by atoms with Gasteiger partial charge in [-0.15, -0.1) is 0 Å². The first-order valence-corrected chi connectivity index (χ1v) is 6.04. The second kappa shape index (κ2) is 7.83. The molecule has 1 N–H and O–H groups in total. The van der Waals surface area contributed by atoms with Gasteiger partial charge in [-0.1, -0.05) is 36.4 Å². The molecule has 0 atom stereocenters. The number of carbonyl (C=O) groups is 2. The maximum absolute atomic E-state index is 11.4. The molecule has 0 bridgehead atoms. The average molecular weight is 256 g/mol. The van der Waals surface area contributed by atoms with E-state index in [9.17, 15) is 9.59 Å². The van der Waals surface area contributed by atoms with E-state index in [-0.39, 0.29) is 18.1 Å². The molecule has 0 aliphatic heterocycles. The number of hydrogen-bond acceptors (Lipinski definition) is 3. The molecule has 0 heterocycles. The molecule has 1 amide bonds. The summed E-state index contributed by atoms with van der Waals surface area (Å²) in [7, 11) is 0. The van der Waals surface area contributed by atoms with Crippen LogP contribution in [0.2, 0.25) is 0 Å². The maximum atomic E-state index is 11.4. The van der Waals surface area contributed by atoms with Gasteiger partial charge in [0, 0.05) is 19.0 Å². The van der Waals surface area contributed by atoms with Crippen molar-refractivity contribution in [2.75, 3.05) is 6.54 Å². The van der Waals surface area contributed by atoms with Gasteiger partial charge in [0.25, 0.3) is 0 Å². The van der Waals surface area contributed by atoms with E-state index in [0.717, 1.165) is 12.0 Å². The molecular weight excluding hydrogens is 240 g/mol. The van der Waals surface area contributed by atoms with Crippen LogP contribution >= 0.6 is 0 Å². The van der Waals surface area contributed by atoms with Crippen molar-refractivity contribution >= 4 is 17.8 Å². The van der Waals surface area contributed by atoms with Gasteiger partial charge in [-0.05, 0) is 12.0 Å². The van der Waals surface area contributed by atoms with Gasteiger partial charge in [-0.3, -0.25) is 9.59 Å². The Kier molecular flexibility index (Phi) is 6.04. The van der Waals surface area contributed by atoms with Crippen molar-refractivity contribution < 1.29 is 9.59 Å². The highest BCUT2D eigenvalue weighted by molar-refractivity contribution is 5.97. The number of nitrogens with one attached hydrogen (secondary N) is 1. The molecule has 4 nitrogen and oxygen atoms in total. The van der Waals surface area contributed by atoms with E-state index in [2.05, 4.69) is 5.32 Å². The van der Waals surface area contributed by atoms with Crippen LogP contribution < -0.4 is 5.32 Å². The Bertz CT molecular complexity index is 510. The molecule has 0 spiro atoms. The molecule has 0 aliphatic carbocycles. The van der Waals surface area contributed by atoms with Crippen molar-refractivity contribution in [3.8, 4) is 6.07 Å². The Morgan fingerprint density at radius 1 is 1.32 bits per heavy atom. The molecule has 0 saturated carbocycles. The smallest absolute Gasteiger partial charge is 0.216 e. The predicted octanol–water partition coefficient (Wildman–Crippen LogP) is 2.32. The molecule has 0 fully saturated rings. The molecule has 0 aliphatic rings. The van der Waals surface area contributed by atoms with Crippen LogP contribution in [0, 0.1) is 11.3 Å². The third-order valence-corrected chi connectivity index (χ3v) is 2.47. The van der Waals surface area contributed by atoms with E-state index >= 15 is 0 Å². The number of nitriles is 1. The fourth-order valence-corrected chi connectivity index (χ4v) is 1.50. The lowest BCUT2D eigenvalue weighted by Crippen LogP contribution is -2.20. The van der Waals surface area contributed by atoms with Crippen molar-refractivity contribution in [2.45, 2.75) is 19.8 Å². The molecule has 0 aromatic heterocycles. The van der Waals surface area contributed by atoms with Crippen LogP contribution in [0.3, 0.4) is 0 Å². The first kappa shape index (κ1) is 14.7. The fourth-order valence-electron chi connectivity index (χ4n) is 1.50. The van der Waals surface area contributed by atoms with E-state index in [1.165, 1.54) is 6.92 Å².